The minimum atomic E-state index is -4.78. The Bertz CT molecular complexity index is 1170. The Morgan fingerprint density at radius 1 is 0.625 bits per heavy atom. The number of esters is 2. The molecule has 1 unspecified atom stereocenters. The summed E-state index contributed by atoms with van der Waals surface area (Å²) in [6.45, 7) is 2.37. The van der Waals surface area contributed by atoms with E-state index in [0.717, 1.165) is 44.9 Å². The van der Waals surface area contributed by atoms with Gasteiger partial charge in [0.1, 0.15) is 12.6 Å². The van der Waals surface area contributed by atoms with Crippen molar-refractivity contribution in [3.05, 3.63) is 48.6 Å². The third-order valence-electron chi connectivity index (χ3n) is 8.79. The third-order valence-corrected chi connectivity index (χ3v) is 9.74. The molecule has 0 saturated carbocycles. The zero-order chi connectivity index (χ0) is 41.7. The van der Waals surface area contributed by atoms with Gasteiger partial charge in [-0.1, -0.05) is 140 Å². The molecule has 5 atom stereocenters. The molecule has 0 aliphatic rings. The molecule has 324 valence electrons. The van der Waals surface area contributed by atoms with Crippen molar-refractivity contribution in [1.29, 1.82) is 0 Å². The molecule has 0 spiro atoms. The number of phosphoric ester groups is 1. The van der Waals surface area contributed by atoms with E-state index in [1.807, 2.05) is 12.2 Å². The highest BCUT2D eigenvalue weighted by Gasteiger charge is 2.28. The van der Waals surface area contributed by atoms with Gasteiger partial charge in [-0.15, -0.1) is 0 Å². The van der Waals surface area contributed by atoms with Crippen molar-refractivity contribution in [2.24, 2.45) is 5.73 Å². The second kappa shape index (κ2) is 36.7. The molecule has 0 radical (unpaired) electrons. The minimum Gasteiger partial charge on any atom is -0.480 e. The Hall–Kier alpha value is -2.64. The Balaban J connectivity index is 4.63. The van der Waals surface area contributed by atoms with Crippen LogP contribution < -0.4 is 5.73 Å². The van der Waals surface area contributed by atoms with Crippen LogP contribution in [0.3, 0.4) is 0 Å². The number of nitrogens with two attached hydrogens (primary N) is 1. The lowest BCUT2D eigenvalue weighted by molar-refractivity contribution is -0.161. The fourth-order valence-corrected chi connectivity index (χ4v) is 6.17. The molecule has 0 aromatic carbocycles. The number of phosphoric acid groups is 1. The first-order chi connectivity index (χ1) is 26.9. The number of ether oxygens (including phenoxy) is 2. The van der Waals surface area contributed by atoms with Crippen molar-refractivity contribution in [1.82, 2.24) is 0 Å². The van der Waals surface area contributed by atoms with Gasteiger partial charge in [0.15, 0.2) is 6.10 Å². The van der Waals surface area contributed by atoms with E-state index in [4.69, 9.17) is 24.8 Å². The largest absolute Gasteiger partial charge is 0.480 e. The monoisotopic (exact) mass is 815 g/mol. The van der Waals surface area contributed by atoms with Crippen LogP contribution in [0.4, 0.5) is 0 Å². The first-order valence-corrected chi connectivity index (χ1v) is 22.3. The summed E-state index contributed by atoms with van der Waals surface area (Å²) in [6.07, 6.45) is 32.1. The van der Waals surface area contributed by atoms with E-state index in [0.29, 0.717) is 12.8 Å². The number of carbonyl (C=O) groups excluding carboxylic acids is 2. The Labute approximate surface area is 336 Å². The van der Waals surface area contributed by atoms with E-state index >= 15 is 0 Å². The maximum absolute atomic E-state index is 12.6. The van der Waals surface area contributed by atoms with Crippen LogP contribution in [0.25, 0.3) is 0 Å². The van der Waals surface area contributed by atoms with E-state index in [9.17, 15) is 34.1 Å². The molecule has 0 heterocycles. The summed E-state index contributed by atoms with van der Waals surface area (Å²) < 4.78 is 32.4. The minimum absolute atomic E-state index is 0.0943. The lowest BCUT2D eigenvalue weighted by Gasteiger charge is -2.20. The number of carboxylic acid groups (broad SMARTS) is 1. The van der Waals surface area contributed by atoms with Crippen LogP contribution in [-0.2, 0) is 37.5 Å². The predicted octanol–water partition coefficient (Wildman–Crippen LogP) is 8.56. The van der Waals surface area contributed by atoms with Crippen LogP contribution in [0.2, 0.25) is 0 Å². The number of carbonyl (C=O) groups is 3. The molecule has 0 saturated heterocycles. The summed E-state index contributed by atoms with van der Waals surface area (Å²) in [5.41, 5.74) is 5.31. The van der Waals surface area contributed by atoms with Crippen LogP contribution in [0.15, 0.2) is 48.6 Å². The maximum Gasteiger partial charge on any atom is 0.472 e. The van der Waals surface area contributed by atoms with Crippen LogP contribution in [-0.4, -0.2) is 82.3 Å². The lowest BCUT2D eigenvalue weighted by Crippen LogP contribution is -2.34. The van der Waals surface area contributed by atoms with Gasteiger partial charge in [-0.2, -0.15) is 0 Å². The SMILES string of the molecule is CC/C=C\C/C=C\C/C=C\C/C=C\C[C@H](O)[C@@H](O)CCCC(=O)OC[C@H](COP(=O)(O)OC[C@H](N)C(=O)O)OC(=O)CCCCCCCCCCCCCCC. The number of allylic oxidation sites excluding steroid dienone is 7. The third kappa shape index (κ3) is 34.6. The molecule has 13 nitrogen and oxygen atoms in total. The van der Waals surface area contributed by atoms with E-state index < -0.39 is 69.9 Å². The fourth-order valence-electron chi connectivity index (χ4n) is 5.39. The Morgan fingerprint density at radius 2 is 1.11 bits per heavy atom. The van der Waals surface area contributed by atoms with Gasteiger partial charge in [0.25, 0.3) is 0 Å². The van der Waals surface area contributed by atoms with Crippen molar-refractivity contribution in [3.8, 4) is 0 Å². The first-order valence-electron chi connectivity index (χ1n) is 20.8. The number of aliphatic hydroxyl groups is 2. The summed E-state index contributed by atoms with van der Waals surface area (Å²) in [7, 11) is -4.78. The molecular weight excluding hydrogens is 741 g/mol. The van der Waals surface area contributed by atoms with Gasteiger partial charge in [-0.05, 0) is 51.4 Å². The number of rotatable bonds is 38. The van der Waals surface area contributed by atoms with Crippen molar-refractivity contribution >= 4 is 25.7 Å². The zero-order valence-corrected chi connectivity index (χ0v) is 35.1. The molecule has 0 aliphatic carbocycles. The topological polar surface area (TPSA) is 212 Å². The normalized spacial score (nSPS) is 15.4. The Morgan fingerprint density at radius 3 is 1.64 bits per heavy atom. The molecule has 0 aromatic heterocycles. The van der Waals surface area contributed by atoms with Gasteiger partial charge in [0.2, 0.25) is 0 Å². The summed E-state index contributed by atoms with van der Waals surface area (Å²) >= 11 is 0. The summed E-state index contributed by atoms with van der Waals surface area (Å²) in [5.74, 6) is -2.70. The van der Waals surface area contributed by atoms with Crippen molar-refractivity contribution in [2.45, 2.75) is 179 Å². The van der Waals surface area contributed by atoms with Gasteiger partial charge >= 0.3 is 25.7 Å². The van der Waals surface area contributed by atoms with Crippen molar-refractivity contribution in [2.75, 3.05) is 19.8 Å². The van der Waals surface area contributed by atoms with E-state index in [1.54, 1.807) is 6.08 Å². The highest BCUT2D eigenvalue weighted by molar-refractivity contribution is 7.47. The summed E-state index contributed by atoms with van der Waals surface area (Å²) in [6, 6.07) is -1.56. The second-order valence-corrected chi connectivity index (χ2v) is 15.5. The molecule has 0 aromatic rings. The van der Waals surface area contributed by atoms with Crippen molar-refractivity contribution < 1.29 is 57.7 Å². The first kappa shape index (κ1) is 53.4. The molecule has 0 bridgehead atoms. The smallest absolute Gasteiger partial charge is 0.472 e. The van der Waals surface area contributed by atoms with Crippen LogP contribution in [0.5, 0.6) is 0 Å². The molecule has 0 aliphatic heterocycles. The van der Waals surface area contributed by atoms with Gasteiger partial charge in [-0.3, -0.25) is 23.4 Å². The quantitative estimate of drug-likeness (QED) is 0.0171. The number of carboxylic acids is 1. The standard InChI is InChI=1S/C42H74NO12P/c1-3-5-7-9-11-13-15-17-19-21-23-25-27-31-41(47)55-36(34-53-56(50,51)54-35-37(43)42(48)49)33-52-40(46)32-28-30-39(45)38(44)29-26-24-22-20-18-16-14-12-10-8-6-4-2/h6,8,12,14,18,20,24,26,36-39,44-45H,3-5,7,9-11,13,15-17,19,21-23,25,27-35,43H2,1-2H3,(H,48,49)(H,50,51)/b8-6-,14-12-,20-18-,26-24-/t36-,37+,38+,39+/m1/s1. The predicted molar refractivity (Wildman–Crippen MR) is 220 cm³/mol. The summed E-state index contributed by atoms with van der Waals surface area (Å²) in [4.78, 5) is 45.9. The Kier molecular flexibility index (Phi) is 35.0. The molecule has 0 fully saturated rings. The van der Waals surface area contributed by atoms with Gasteiger partial charge in [0, 0.05) is 12.8 Å². The van der Waals surface area contributed by atoms with E-state index in [-0.39, 0.29) is 32.1 Å². The van der Waals surface area contributed by atoms with E-state index in [2.05, 4.69) is 48.8 Å². The fraction of sp³-hybridized carbons (Fsp3) is 0.738. The van der Waals surface area contributed by atoms with Gasteiger partial charge in [-0.25, -0.2) is 4.57 Å². The number of aliphatic hydroxyl groups excluding tert-OH is 2. The number of hydrogen-bond donors (Lipinski definition) is 5. The number of hydrogen-bond acceptors (Lipinski definition) is 11. The highest BCUT2D eigenvalue weighted by Crippen LogP contribution is 2.43. The average molecular weight is 816 g/mol. The molecule has 14 heteroatoms. The zero-order valence-electron chi connectivity index (χ0n) is 34.2. The summed E-state index contributed by atoms with van der Waals surface area (Å²) in [5, 5.41) is 29.5. The number of aliphatic carboxylic acids is 1. The van der Waals surface area contributed by atoms with Gasteiger partial charge < -0.3 is 35.4 Å². The van der Waals surface area contributed by atoms with E-state index in [1.165, 1.54) is 51.4 Å². The van der Waals surface area contributed by atoms with Crippen LogP contribution in [0, 0.1) is 0 Å². The molecular formula is C42H74NO12P. The van der Waals surface area contributed by atoms with Crippen LogP contribution >= 0.6 is 7.82 Å². The molecule has 56 heavy (non-hydrogen) atoms. The second-order valence-electron chi connectivity index (χ2n) is 14.1. The van der Waals surface area contributed by atoms with Crippen molar-refractivity contribution in [3.63, 3.8) is 0 Å². The number of unbranched alkanes of at least 4 members (excludes halogenated alkanes) is 12. The maximum atomic E-state index is 12.6. The highest BCUT2D eigenvalue weighted by atomic mass is 31.2. The molecule has 0 amide bonds. The lowest BCUT2D eigenvalue weighted by atomic mass is 10.0. The van der Waals surface area contributed by atoms with Crippen LogP contribution in [0.1, 0.15) is 155 Å². The molecule has 0 rings (SSSR count). The molecule has 6 N–H and O–H groups in total. The average Bonchev–Trinajstić information content (AvgIpc) is 3.16. The van der Waals surface area contributed by atoms with Gasteiger partial charge in [0.05, 0.1) is 25.4 Å².